The molecule has 0 fully saturated rings. The summed E-state index contributed by atoms with van der Waals surface area (Å²) < 4.78 is 0. The molecule has 118 valence electrons. The predicted octanol–water partition coefficient (Wildman–Crippen LogP) is 1.02. The predicted molar refractivity (Wildman–Crippen MR) is 86.8 cm³/mol. The summed E-state index contributed by atoms with van der Waals surface area (Å²) in [6, 6.07) is 7.16. The summed E-state index contributed by atoms with van der Waals surface area (Å²) in [6.45, 7) is 4.22. The molecule has 0 radical (unpaired) electrons. The molecule has 2 rings (SSSR count). The van der Waals surface area contributed by atoms with Crippen LogP contribution in [0.4, 0.5) is 5.69 Å². The Morgan fingerprint density at radius 2 is 2.00 bits per heavy atom. The van der Waals surface area contributed by atoms with E-state index < -0.39 is 6.23 Å². The van der Waals surface area contributed by atoms with Crippen LogP contribution < -0.4 is 5.32 Å². The first-order valence-electron chi connectivity index (χ1n) is 7.16. The Morgan fingerprint density at radius 1 is 1.32 bits per heavy atom. The Bertz CT molecular complexity index is 580. The van der Waals surface area contributed by atoms with E-state index in [0.717, 1.165) is 0 Å². The number of benzene rings is 1. The second kappa shape index (κ2) is 7.26. The zero-order valence-electron chi connectivity index (χ0n) is 12.7. The molecular weight excluding hydrogens is 282 g/mol. The molecule has 1 unspecified atom stereocenters. The topological polar surface area (TPSA) is 104 Å². The quantitative estimate of drug-likeness (QED) is 0.589. The first-order chi connectivity index (χ1) is 10.5. The van der Waals surface area contributed by atoms with Gasteiger partial charge in [-0.25, -0.2) is 10.0 Å². The Labute approximate surface area is 129 Å². The molecule has 4 N–H and O–H groups in total. The maximum Gasteiger partial charge on any atom is 0.169 e. The van der Waals surface area contributed by atoms with Crippen LogP contribution >= 0.6 is 0 Å². The lowest BCUT2D eigenvalue weighted by molar-refractivity contribution is 0.129. The summed E-state index contributed by atoms with van der Waals surface area (Å²) in [5, 5.41) is 35.1. The van der Waals surface area contributed by atoms with Gasteiger partial charge < -0.3 is 10.2 Å². The van der Waals surface area contributed by atoms with Gasteiger partial charge in [0, 0.05) is 12.6 Å². The van der Waals surface area contributed by atoms with Crippen molar-refractivity contribution in [3.63, 3.8) is 0 Å². The summed E-state index contributed by atoms with van der Waals surface area (Å²) >= 11 is 0. The molecule has 1 aliphatic heterocycles. The molecule has 0 aliphatic carbocycles. The maximum atomic E-state index is 9.84. The molecular formula is C15H21N5O2. The monoisotopic (exact) mass is 303 g/mol. The van der Waals surface area contributed by atoms with E-state index in [0.29, 0.717) is 23.5 Å². The fraction of sp³-hybridized carbons (Fsp3) is 0.400. The van der Waals surface area contributed by atoms with E-state index >= 15 is 0 Å². The lowest BCUT2D eigenvalue weighted by Gasteiger charge is -2.17. The SMILES string of the molecule is CC(C)N1N=CC(=Nc2ccc(C(O)NCCO)cc2)C1=N. The van der Waals surface area contributed by atoms with Crippen LogP contribution in [-0.2, 0) is 0 Å². The van der Waals surface area contributed by atoms with Gasteiger partial charge >= 0.3 is 0 Å². The van der Waals surface area contributed by atoms with Crippen molar-refractivity contribution in [1.29, 1.82) is 5.41 Å². The van der Waals surface area contributed by atoms with Gasteiger partial charge in [0.2, 0.25) is 0 Å². The minimum atomic E-state index is -0.823. The van der Waals surface area contributed by atoms with Crippen LogP contribution in [0.3, 0.4) is 0 Å². The largest absolute Gasteiger partial charge is 0.395 e. The first-order valence-corrected chi connectivity index (χ1v) is 7.16. The van der Waals surface area contributed by atoms with Gasteiger partial charge in [0.05, 0.1) is 18.5 Å². The van der Waals surface area contributed by atoms with Crippen LogP contribution in [0.25, 0.3) is 0 Å². The number of aliphatic imine (C=N–C) groups is 1. The van der Waals surface area contributed by atoms with E-state index in [4.69, 9.17) is 10.5 Å². The van der Waals surface area contributed by atoms with Gasteiger partial charge in [-0.2, -0.15) is 5.10 Å². The molecule has 1 aromatic rings. The highest BCUT2D eigenvalue weighted by Crippen LogP contribution is 2.18. The standard InChI is InChI=1S/C15H21N5O2/c1-10(2)20-14(16)13(9-18-20)19-12-5-3-11(4-6-12)15(22)17-7-8-21/h3-6,9-10,15-17,21-22H,7-8H2,1-2H3. The van der Waals surface area contributed by atoms with Crippen LogP contribution in [0.1, 0.15) is 25.6 Å². The number of nitrogens with one attached hydrogen (secondary N) is 2. The van der Waals surface area contributed by atoms with E-state index in [9.17, 15) is 5.11 Å². The van der Waals surface area contributed by atoms with E-state index in [1.165, 1.54) is 0 Å². The van der Waals surface area contributed by atoms with Crippen molar-refractivity contribution in [2.24, 2.45) is 10.1 Å². The number of hydrogen-bond donors (Lipinski definition) is 4. The Morgan fingerprint density at radius 3 is 2.55 bits per heavy atom. The molecule has 0 amide bonds. The molecule has 1 aliphatic rings. The molecule has 0 spiro atoms. The van der Waals surface area contributed by atoms with Gasteiger partial charge in [-0.05, 0) is 31.5 Å². The molecule has 0 aromatic heterocycles. The minimum Gasteiger partial charge on any atom is -0.395 e. The number of aliphatic hydroxyl groups excluding tert-OH is 2. The Balaban J connectivity index is 2.07. The third kappa shape index (κ3) is 3.76. The molecule has 7 nitrogen and oxygen atoms in total. The van der Waals surface area contributed by atoms with E-state index in [-0.39, 0.29) is 18.5 Å². The van der Waals surface area contributed by atoms with Gasteiger partial charge in [-0.3, -0.25) is 10.7 Å². The van der Waals surface area contributed by atoms with Crippen molar-refractivity contribution >= 4 is 23.4 Å². The molecule has 1 atom stereocenters. The summed E-state index contributed by atoms with van der Waals surface area (Å²) in [6.07, 6.45) is 0.755. The third-order valence-corrected chi connectivity index (χ3v) is 3.17. The van der Waals surface area contributed by atoms with Crippen LogP contribution in [0.5, 0.6) is 0 Å². The second-order valence-electron chi connectivity index (χ2n) is 5.20. The average molecular weight is 303 g/mol. The number of amidine groups is 1. The normalized spacial score (nSPS) is 17.8. The van der Waals surface area contributed by atoms with Crippen LogP contribution in [0.2, 0.25) is 0 Å². The fourth-order valence-corrected chi connectivity index (χ4v) is 2.02. The number of hydrogen-bond acceptors (Lipinski definition) is 6. The number of aliphatic hydroxyl groups is 2. The smallest absolute Gasteiger partial charge is 0.169 e. The summed E-state index contributed by atoms with van der Waals surface area (Å²) in [7, 11) is 0. The maximum absolute atomic E-state index is 9.84. The molecule has 7 heteroatoms. The van der Waals surface area contributed by atoms with Crippen molar-refractivity contribution < 1.29 is 10.2 Å². The summed E-state index contributed by atoms with van der Waals surface area (Å²) in [4.78, 5) is 4.39. The van der Waals surface area contributed by atoms with Crippen molar-refractivity contribution in [3.8, 4) is 0 Å². The van der Waals surface area contributed by atoms with E-state index in [2.05, 4.69) is 15.4 Å². The third-order valence-electron chi connectivity index (χ3n) is 3.17. The van der Waals surface area contributed by atoms with Crippen molar-refractivity contribution in [2.75, 3.05) is 13.2 Å². The number of nitrogens with zero attached hydrogens (tertiary/aromatic N) is 3. The zero-order chi connectivity index (χ0) is 16.1. The fourth-order valence-electron chi connectivity index (χ4n) is 2.02. The zero-order valence-corrected chi connectivity index (χ0v) is 12.7. The highest BCUT2D eigenvalue weighted by molar-refractivity contribution is 6.63. The van der Waals surface area contributed by atoms with Gasteiger partial charge in [0.1, 0.15) is 11.9 Å². The minimum absolute atomic E-state index is 0.0312. The van der Waals surface area contributed by atoms with Crippen LogP contribution in [0, 0.1) is 5.41 Å². The molecule has 0 saturated carbocycles. The molecule has 22 heavy (non-hydrogen) atoms. The Hall–Kier alpha value is -2.09. The highest BCUT2D eigenvalue weighted by atomic mass is 16.3. The first kappa shape index (κ1) is 16.3. The molecule has 1 aromatic carbocycles. The van der Waals surface area contributed by atoms with Crippen molar-refractivity contribution in [2.45, 2.75) is 26.1 Å². The van der Waals surface area contributed by atoms with Crippen LogP contribution in [-0.4, -0.2) is 52.2 Å². The second-order valence-corrected chi connectivity index (χ2v) is 5.20. The van der Waals surface area contributed by atoms with Gasteiger partial charge in [-0.15, -0.1) is 0 Å². The lowest BCUT2D eigenvalue weighted by atomic mass is 10.2. The lowest BCUT2D eigenvalue weighted by Crippen LogP contribution is -2.31. The Kier molecular flexibility index (Phi) is 5.37. The van der Waals surface area contributed by atoms with Crippen LogP contribution in [0.15, 0.2) is 34.4 Å². The van der Waals surface area contributed by atoms with Gasteiger partial charge in [0.15, 0.2) is 5.84 Å². The molecule has 1 heterocycles. The van der Waals surface area contributed by atoms with Crippen molar-refractivity contribution in [3.05, 3.63) is 29.8 Å². The average Bonchev–Trinajstić information content (AvgIpc) is 2.87. The summed E-state index contributed by atoms with van der Waals surface area (Å²) in [5.41, 5.74) is 1.90. The molecule has 0 saturated heterocycles. The highest BCUT2D eigenvalue weighted by Gasteiger charge is 2.22. The summed E-state index contributed by atoms with van der Waals surface area (Å²) in [5.74, 6) is 0.281. The van der Waals surface area contributed by atoms with Gasteiger partial charge in [0.25, 0.3) is 0 Å². The number of hydrazone groups is 1. The molecule has 0 bridgehead atoms. The van der Waals surface area contributed by atoms with E-state index in [1.54, 1.807) is 35.5 Å². The van der Waals surface area contributed by atoms with E-state index in [1.807, 2.05) is 13.8 Å². The van der Waals surface area contributed by atoms with Crippen molar-refractivity contribution in [1.82, 2.24) is 10.3 Å². The van der Waals surface area contributed by atoms with Gasteiger partial charge in [-0.1, -0.05) is 12.1 Å². The number of rotatable bonds is 6.